The van der Waals surface area contributed by atoms with Crippen LogP contribution in [0.4, 0.5) is 8.78 Å². The average Bonchev–Trinajstić information content (AvgIpc) is 2.14. The monoisotopic (exact) mass is 232 g/mol. The molecule has 0 unspecified atom stereocenters. The summed E-state index contributed by atoms with van der Waals surface area (Å²) in [5, 5.41) is 8.54. The number of carboxylic acids is 1. The van der Waals surface area contributed by atoms with Gasteiger partial charge in [-0.1, -0.05) is 0 Å². The number of carbonyl (C=O) groups is 1. The van der Waals surface area contributed by atoms with Crippen molar-refractivity contribution >= 4 is 5.97 Å². The van der Waals surface area contributed by atoms with E-state index < -0.39 is 29.9 Å². The highest BCUT2D eigenvalue weighted by molar-refractivity contribution is 5.70. The molecule has 0 bridgehead atoms. The molecule has 16 heavy (non-hydrogen) atoms. The molecular formula is C9H10F2N2O3. The molecule has 5 nitrogen and oxygen atoms in total. The summed E-state index contributed by atoms with van der Waals surface area (Å²) in [6.45, 7) is -0.275. The van der Waals surface area contributed by atoms with Crippen LogP contribution in [0.2, 0.25) is 0 Å². The Kier molecular flexibility index (Phi) is 3.73. The predicted octanol–water partition coefficient (Wildman–Crippen LogP) is 0.398. The van der Waals surface area contributed by atoms with Crippen LogP contribution in [0.25, 0.3) is 0 Å². The van der Waals surface area contributed by atoms with Gasteiger partial charge in [0.05, 0.1) is 6.42 Å². The molecule has 0 saturated heterocycles. The first-order valence-corrected chi connectivity index (χ1v) is 4.40. The first-order valence-electron chi connectivity index (χ1n) is 4.40. The zero-order valence-corrected chi connectivity index (χ0v) is 8.17. The predicted molar refractivity (Wildman–Crippen MR) is 51.3 cm³/mol. The Labute approximate surface area is 88.9 Å². The van der Waals surface area contributed by atoms with Crippen molar-refractivity contribution in [3.63, 3.8) is 0 Å². The Balaban J connectivity index is 3.37. The van der Waals surface area contributed by atoms with Crippen molar-refractivity contribution in [3.05, 3.63) is 33.2 Å². The summed E-state index contributed by atoms with van der Waals surface area (Å²) >= 11 is 0. The standard InChI is InChI=1S/C9H10F2N2O3/c10-9(11)8-4(2-7(15)16)1-6(14)13-5(8)3-12/h1,9H,2-3,12H2,(H,13,14)(H,15,16). The molecular weight excluding hydrogens is 222 g/mol. The maximum Gasteiger partial charge on any atom is 0.307 e. The van der Waals surface area contributed by atoms with Crippen molar-refractivity contribution in [2.45, 2.75) is 19.4 Å². The van der Waals surface area contributed by atoms with Gasteiger partial charge >= 0.3 is 5.97 Å². The molecule has 1 rings (SSSR count). The second kappa shape index (κ2) is 4.84. The third-order valence-corrected chi connectivity index (χ3v) is 2.01. The molecule has 1 aromatic rings. The van der Waals surface area contributed by atoms with E-state index in [9.17, 15) is 18.4 Å². The number of nitrogens with two attached hydrogens (primary N) is 1. The molecule has 0 aromatic carbocycles. The molecule has 4 N–H and O–H groups in total. The van der Waals surface area contributed by atoms with Gasteiger partial charge in [-0.3, -0.25) is 9.59 Å². The number of carboxylic acid groups (broad SMARTS) is 1. The molecule has 88 valence electrons. The van der Waals surface area contributed by atoms with Gasteiger partial charge in [-0.15, -0.1) is 0 Å². The summed E-state index contributed by atoms with van der Waals surface area (Å²) < 4.78 is 25.4. The number of nitrogens with one attached hydrogen (secondary N) is 1. The van der Waals surface area contributed by atoms with Crippen LogP contribution in [0.15, 0.2) is 10.9 Å². The summed E-state index contributed by atoms with van der Waals surface area (Å²) in [5.74, 6) is -1.28. The van der Waals surface area contributed by atoms with Crippen LogP contribution in [0.1, 0.15) is 23.2 Å². The first kappa shape index (κ1) is 12.3. The molecule has 0 fully saturated rings. The fourth-order valence-electron chi connectivity index (χ4n) is 1.42. The minimum atomic E-state index is -2.87. The maximum atomic E-state index is 12.7. The Morgan fingerprint density at radius 2 is 2.19 bits per heavy atom. The quantitative estimate of drug-likeness (QED) is 0.700. The van der Waals surface area contributed by atoms with E-state index in [1.54, 1.807) is 0 Å². The molecule has 0 radical (unpaired) electrons. The second-order valence-corrected chi connectivity index (χ2v) is 3.13. The number of halogens is 2. The van der Waals surface area contributed by atoms with Crippen LogP contribution in [0, 0.1) is 0 Å². The molecule has 0 aliphatic heterocycles. The van der Waals surface area contributed by atoms with Crippen LogP contribution in [0.5, 0.6) is 0 Å². The number of rotatable bonds is 4. The molecule has 0 aliphatic carbocycles. The Bertz CT molecular complexity index is 457. The van der Waals surface area contributed by atoms with Crippen molar-refractivity contribution in [1.82, 2.24) is 4.98 Å². The van der Waals surface area contributed by atoms with Crippen LogP contribution < -0.4 is 11.3 Å². The number of aromatic amines is 1. The first-order chi connectivity index (χ1) is 7.45. The third-order valence-electron chi connectivity index (χ3n) is 2.01. The van der Waals surface area contributed by atoms with Gasteiger partial charge in [0.25, 0.3) is 6.43 Å². The van der Waals surface area contributed by atoms with Crippen molar-refractivity contribution in [2.24, 2.45) is 5.73 Å². The van der Waals surface area contributed by atoms with Crippen molar-refractivity contribution in [2.75, 3.05) is 0 Å². The summed E-state index contributed by atoms with van der Waals surface area (Å²) in [5.41, 5.74) is 3.74. The van der Waals surface area contributed by atoms with Gasteiger partial charge in [0.2, 0.25) is 5.56 Å². The lowest BCUT2D eigenvalue weighted by atomic mass is 10.0. The second-order valence-electron chi connectivity index (χ2n) is 3.13. The molecule has 1 heterocycles. The number of hydrogen-bond donors (Lipinski definition) is 3. The number of pyridine rings is 1. The largest absolute Gasteiger partial charge is 0.481 e. The maximum absolute atomic E-state index is 12.7. The van der Waals surface area contributed by atoms with Crippen molar-refractivity contribution in [3.8, 4) is 0 Å². The van der Waals surface area contributed by atoms with E-state index >= 15 is 0 Å². The van der Waals surface area contributed by atoms with E-state index in [2.05, 4.69) is 4.98 Å². The molecule has 7 heteroatoms. The molecule has 0 aliphatic rings. The topological polar surface area (TPSA) is 96.2 Å². The summed E-state index contributed by atoms with van der Waals surface area (Å²) in [6.07, 6.45) is -3.50. The van der Waals surface area contributed by atoms with Crippen LogP contribution in [-0.4, -0.2) is 16.1 Å². The lowest BCUT2D eigenvalue weighted by Crippen LogP contribution is -2.18. The van der Waals surface area contributed by atoms with E-state index in [-0.39, 0.29) is 17.8 Å². The Morgan fingerprint density at radius 3 is 2.62 bits per heavy atom. The van der Waals surface area contributed by atoms with Crippen molar-refractivity contribution < 1.29 is 18.7 Å². The number of alkyl halides is 2. The Hall–Kier alpha value is -1.76. The van der Waals surface area contributed by atoms with Gasteiger partial charge in [-0.05, 0) is 5.56 Å². The van der Waals surface area contributed by atoms with Gasteiger partial charge in [0.15, 0.2) is 0 Å². The zero-order chi connectivity index (χ0) is 12.3. The lowest BCUT2D eigenvalue weighted by Gasteiger charge is -2.11. The van der Waals surface area contributed by atoms with Gasteiger partial charge in [-0.2, -0.15) is 0 Å². The number of H-pyrrole nitrogens is 1. The SMILES string of the molecule is NCc1[nH]c(=O)cc(CC(=O)O)c1C(F)F. The van der Waals surface area contributed by atoms with E-state index in [1.807, 2.05) is 0 Å². The van der Waals surface area contributed by atoms with E-state index in [4.69, 9.17) is 10.8 Å². The summed E-state index contributed by atoms with van der Waals surface area (Å²) in [6, 6.07) is 0.856. The number of hydrogen-bond acceptors (Lipinski definition) is 3. The van der Waals surface area contributed by atoms with Gasteiger partial charge in [0, 0.05) is 23.9 Å². The highest BCUT2D eigenvalue weighted by atomic mass is 19.3. The highest BCUT2D eigenvalue weighted by Gasteiger charge is 2.20. The van der Waals surface area contributed by atoms with Gasteiger partial charge < -0.3 is 15.8 Å². The highest BCUT2D eigenvalue weighted by Crippen LogP contribution is 2.24. The third kappa shape index (κ3) is 2.63. The minimum Gasteiger partial charge on any atom is -0.481 e. The van der Waals surface area contributed by atoms with Crippen LogP contribution >= 0.6 is 0 Å². The molecule has 1 aromatic heterocycles. The fourth-order valence-corrected chi connectivity index (χ4v) is 1.42. The zero-order valence-electron chi connectivity index (χ0n) is 8.17. The molecule has 0 atom stereocenters. The summed E-state index contributed by atoms with van der Waals surface area (Å²) in [4.78, 5) is 23.7. The minimum absolute atomic E-state index is 0.126. The van der Waals surface area contributed by atoms with Crippen molar-refractivity contribution in [1.29, 1.82) is 0 Å². The normalized spacial score (nSPS) is 10.8. The Morgan fingerprint density at radius 1 is 1.56 bits per heavy atom. The number of aromatic nitrogens is 1. The van der Waals surface area contributed by atoms with Gasteiger partial charge in [-0.25, -0.2) is 8.78 Å². The number of aliphatic carboxylic acids is 1. The van der Waals surface area contributed by atoms with Crippen LogP contribution in [-0.2, 0) is 17.8 Å². The van der Waals surface area contributed by atoms with Crippen LogP contribution in [0.3, 0.4) is 0 Å². The van der Waals surface area contributed by atoms with Gasteiger partial charge in [0.1, 0.15) is 0 Å². The van der Waals surface area contributed by atoms with E-state index in [0.717, 1.165) is 6.07 Å². The van der Waals surface area contributed by atoms with E-state index in [0.29, 0.717) is 0 Å². The van der Waals surface area contributed by atoms with E-state index in [1.165, 1.54) is 0 Å². The smallest absolute Gasteiger partial charge is 0.307 e. The molecule has 0 amide bonds. The summed E-state index contributed by atoms with van der Waals surface area (Å²) in [7, 11) is 0. The fraction of sp³-hybridized carbons (Fsp3) is 0.333. The average molecular weight is 232 g/mol. The molecule has 0 spiro atoms. The lowest BCUT2D eigenvalue weighted by molar-refractivity contribution is -0.136. The molecule has 0 saturated carbocycles.